The number of fused-ring (bicyclic) bond motifs is 1. The molecule has 0 radical (unpaired) electrons. The Morgan fingerprint density at radius 2 is 2.03 bits per heavy atom. The lowest BCUT2D eigenvalue weighted by Gasteiger charge is -2.37. The SMILES string of the molecule is CC(C)c1noc2ncc(C(=O)N3CCN(C)C(c4nc(C5CC5)no4)C3)cc12. The van der Waals surface area contributed by atoms with Crippen LogP contribution in [0.3, 0.4) is 0 Å². The molecule has 2 fully saturated rings. The molecule has 0 aromatic carbocycles. The molecule has 152 valence electrons. The zero-order chi connectivity index (χ0) is 20.1. The highest BCUT2D eigenvalue weighted by Gasteiger charge is 2.35. The number of carbonyl (C=O) groups is 1. The van der Waals surface area contributed by atoms with Crippen LogP contribution in [0.1, 0.15) is 72.3 Å². The van der Waals surface area contributed by atoms with Crippen molar-refractivity contribution in [3.05, 3.63) is 35.2 Å². The van der Waals surface area contributed by atoms with E-state index in [4.69, 9.17) is 9.05 Å². The number of rotatable bonds is 4. The van der Waals surface area contributed by atoms with Gasteiger partial charge in [0, 0.05) is 31.7 Å². The van der Waals surface area contributed by atoms with E-state index in [-0.39, 0.29) is 17.9 Å². The van der Waals surface area contributed by atoms with Crippen molar-refractivity contribution >= 4 is 17.0 Å². The van der Waals surface area contributed by atoms with Gasteiger partial charge in [-0.25, -0.2) is 4.98 Å². The van der Waals surface area contributed by atoms with Crippen LogP contribution in [0, 0.1) is 0 Å². The lowest BCUT2D eigenvalue weighted by molar-refractivity contribution is 0.0488. The molecule has 1 aliphatic carbocycles. The van der Waals surface area contributed by atoms with Crippen molar-refractivity contribution in [3.63, 3.8) is 0 Å². The van der Waals surface area contributed by atoms with Gasteiger partial charge in [0.15, 0.2) is 5.82 Å². The molecule has 0 spiro atoms. The lowest BCUT2D eigenvalue weighted by atomic mass is 10.1. The summed E-state index contributed by atoms with van der Waals surface area (Å²) in [6, 6.07) is 1.73. The number of likely N-dealkylation sites (N-methyl/N-ethyl adjacent to an activating group) is 1. The van der Waals surface area contributed by atoms with Gasteiger partial charge in [0.2, 0.25) is 5.89 Å². The molecule has 2 aliphatic rings. The number of hydrogen-bond donors (Lipinski definition) is 0. The van der Waals surface area contributed by atoms with Crippen LogP contribution in [0.5, 0.6) is 0 Å². The summed E-state index contributed by atoms with van der Waals surface area (Å²) in [5.74, 6) is 1.95. The molecule has 29 heavy (non-hydrogen) atoms. The summed E-state index contributed by atoms with van der Waals surface area (Å²) < 4.78 is 10.8. The van der Waals surface area contributed by atoms with Crippen LogP contribution in [0.25, 0.3) is 11.1 Å². The molecule has 1 aliphatic heterocycles. The van der Waals surface area contributed by atoms with Crippen molar-refractivity contribution < 1.29 is 13.8 Å². The molecule has 0 bridgehead atoms. The fourth-order valence-electron chi connectivity index (χ4n) is 3.78. The topological polar surface area (TPSA) is 101 Å². The van der Waals surface area contributed by atoms with E-state index in [0.717, 1.165) is 36.3 Å². The molecule has 0 N–H and O–H groups in total. The highest BCUT2D eigenvalue weighted by molar-refractivity contribution is 5.97. The predicted molar refractivity (Wildman–Crippen MR) is 103 cm³/mol. The van der Waals surface area contributed by atoms with Crippen LogP contribution in [0.4, 0.5) is 0 Å². The number of amides is 1. The Balaban J connectivity index is 1.39. The van der Waals surface area contributed by atoms with E-state index in [2.05, 4.69) is 25.2 Å². The first-order valence-corrected chi connectivity index (χ1v) is 10.1. The second-order valence-corrected chi connectivity index (χ2v) is 8.31. The van der Waals surface area contributed by atoms with E-state index in [9.17, 15) is 4.79 Å². The van der Waals surface area contributed by atoms with Crippen LogP contribution in [-0.4, -0.2) is 62.7 Å². The smallest absolute Gasteiger partial charge is 0.257 e. The Labute approximate surface area is 168 Å². The highest BCUT2D eigenvalue weighted by atomic mass is 16.5. The number of pyridine rings is 1. The van der Waals surface area contributed by atoms with E-state index in [1.165, 1.54) is 0 Å². The Bertz CT molecular complexity index is 1050. The summed E-state index contributed by atoms with van der Waals surface area (Å²) in [4.78, 5) is 26.1. The Morgan fingerprint density at radius 3 is 2.79 bits per heavy atom. The molecule has 1 saturated heterocycles. The fraction of sp³-hybridized carbons (Fsp3) is 0.550. The number of hydrogen-bond acceptors (Lipinski definition) is 8. The van der Waals surface area contributed by atoms with Crippen molar-refractivity contribution in [2.24, 2.45) is 0 Å². The van der Waals surface area contributed by atoms with Gasteiger partial charge < -0.3 is 13.9 Å². The largest absolute Gasteiger partial charge is 0.338 e. The maximum absolute atomic E-state index is 13.2. The van der Waals surface area contributed by atoms with Crippen molar-refractivity contribution in [3.8, 4) is 0 Å². The third-order valence-corrected chi connectivity index (χ3v) is 5.77. The van der Waals surface area contributed by atoms with Gasteiger partial charge in [0.1, 0.15) is 6.04 Å². The minimum Gasteiger partial charge on any atom is -0.338 e. The predicted octanol–water partition coefficient (Wildman–Crippen LogP) is 2.74. The van der Waals surface area contributed by atoms with E-state index in [1.54, 1.807) is 6.20 Å². The third-order valence-electron chi connectivity index (χ3n) is 5.77. The zero-order valence-electron chi connectivity index (χ0n) is 16.8. The van der Waals surface area contributed by atoms with Gasteiger partial charge in [-0.2, -0.15) is 4.98 Å². The van der Waals surface area contributed by atoms with Crippen LogP contribution in [0.15, 0.2) is 21.3 Å². The molecule has 9 heteroatoms. The summed E-state index contributed by atoms with van der Waals surface area (Å²) in [6.07, 6.45) is 3.81. The standard InChI is InChI=1S/C20H24N6O3/c1-11(2)16-14-8-13(9-21-18(14)28-23-16)20(27)26-7-6-25(3)15(10-26)19-22-17(24-29-19)12-4-5-12/h8-9,11-12,15H,4-7,10H2,1-3H3. The summed E-state index contributed by atoms with van der Waals surface area (Å²) in [7, 11) is 2.02. The number of nitrogens with zero attached hydrogens (tertiary/aromatic N) is 6. The molecule has 9 nitrogen and oxygen atoms in total. The monoisotopic (exact) mass is 396 g/mol. The summed E-state index contributed by atoms with van der Waals surface area (Å²) in [6.45, 7) is 5.94. The van der Waals surface area contributed by atoms with Crippen molar-refractivity contribution in [2.45, 2.75) is 44.6 Å². The van der Waals surface area contributed by atoms with E-state index in [0.29, 0.717) is 36.2 Å². The van der Waals surface area contributed by atoms with Crippen molar-refractivity contribution in [1.82, 2.24) is 30.1 Å². The second kappa shape index (κ2) is 6.91. The zero-order valence-corrected chi connectivity index (χ0v) is 16.8. The third kappa shape index (κ3) is 3.29. The van der Waals surface area contributed by atoms with Gasteiger partial charge in [0.05, 0.1) is 16.6 Å². The number of aromatic nitrogens is 4. The van der Waals surface area contributed by atoms with Crippen LogP contribution in [0.2, 0.25) is 0 Å². The molecule has 1 atom stereocenters. The molecular formula is C20H24N6O3. The van der Waals surface area contributed by atoms with Gasteiger partial charge in [-0.15, -0.1) is 0 Å². The minimum atomic E-state index is -0.105. The van der Waals surface area contributed by atoms with Crippen molar-refractivity contribution in [1.29, 1.82) is 0 Å². The molecule has 1 unspecified atom stereocenters. The van der Waals surface area contributed by atoms with Gasteiger partial charge in [-0.05, 0) is 31.9 Å². The highest BCUT2D eigenvalue weighted by Crippen LogP contribution is 2.39. The molecule has 1 amide bonds. The van der Waals surface area contributed by atoms with E-state index >= 15 is 0 Å². The first kappa shape index (κ1) is 18.2. The number of piperazine rings is 1. The Hall–Kier alpha value is -2.81. The van der Waals surface area contributed by atoms with Gasteiger partial charge in [-0.1, -0.05) is 24.2 Å². The van der Waals surface area contributed by atoms with Gasteiger partial charge in [0.25, 0.3) is 11.6 Å². The molecule has 3 aromatic heterocycles. The average molecular weight is 396 g/mol. The molecule has 5 rings (SSSR count). The molecule has 3 aromatic rings. The Morgan fingerprint density at radius 1 is 1.21 bits per heavy atom. The molecule has 4 heterocycles. The average Bonchev–Trinajstić information content (AvgIpc) is 3.29. The van der Waals surface area contributed by atoms with Crippen LogP contribution in [-0.2, 0) is 0 Å². The summed E-state index contributed by atoms with van der Waals surface area (Å²) >= 11 is 0. The number of carbonyl (C=O) groups excluding carboxylic acids is 1. The van der Waals surface area contributed by atoms with Crippen molar-refractivity contribution in [2.75, 3.05) is 26.7 Å². The first-order chi connectivity index (χ1) is 14.0. The maximum atomic E-state index is 13.2. The quantitative estimate of drug-likeness (QED) is 0.663. The normalized spacial score (nSPS) is 20.7. The first-order valence-electron chi connectivity index (χ1n) is 10.1. The lowest BCUT2D eigenvalue weighted by Crippen LogP contribution is -2.49. The van der Waals surface area contributed by atoms with Crippen LogP contribution >= 0.6 is 0 Å². The van der Waals surface area contributed by atoms with Gasteiger partial charge in [-0.3, -0.25) is 9.69 Å². The second-order valence-electron chi connectivity index (χ2n) is 8.31. The fourth-order valence-corrected chi connectivity index (χ4v) is 3.78. The summed E-state index contributed by atoms with van der Waals surface area (Å²) in [5, 5.41) is 9.02. The summed E-state index contributed by atoms with van der Waals surface area (Å²) in [5.41, 5.74) is 1.81. The molecular weight excluding hydrogens is 372 g/mol. The van der Waals surface area contributed by atoms with Crippen LogP contribution < -0.4 is 0 Å². The van der Waals surface area contributed by atoms with E-state index in [1.807, 2.05) is 31.9 Å². The van der Waals surface area contributed by atoms with Gasteiger partial charge >= 0.3 is 0 Å². The van der Waals surface area contributed by atoms with E-state index < -0.39 is 0 Å². The minimum absolute atomic E-state index is 0.0599. The maximum Gasteiger partial charge on any atom is 0.257 e. The molecule has 1 saturated carbocycles. The Kier molecular flexibility index (Phi) is 4.34.